The van der Waals surface area contributed by atoms with Gasteiger partial charge in [0.15, 0.2) is 5.60 Å². The molecular formula is C11H12N2O5S. The number of β-amino-alcohol motifs (C(OH)–C–C–N with tert-alkyl or cyclic N) is 1. The van der Waals surface area contributed by atoms with Crippen LogP contribution in [0.3, 0.4) is 0 Å². The van der Waals surface area contributed by atoms with Crippen LogP contribution in [0.25, 0.3) is 0 Å². The van der Waals surface area contributed by atoms with Gasteiger partial charge in [-0.05, 0) is 19.1 Å². The fourth-order valence-corrected chi connectivity index (χ4v) is 2.73. The molecule has 2 rings (SSSR count). The third-order valence-corrected chi connectivity index (χ3v) is 3.99. The molecule has 19 heavy (non-hydrogen) atoms. The van der Waals surface area contributed by atoms with Crippen molar-refractivity contribution in [2.45, 2.75) is 17.4 Å². The molecule has 0 radical (unpaired) electrons. The van der Waals surface area contributed by atoms with Gasteiger partial charge in [-0.2, -0.15) is 8.42 Å². The Balaban J connectivity index is 2.44. The van der Waals surface area contributed by atoms with Gasteiger partial charge in [-0.1, -0.05) is 12.1 Å². The molecule has 8 heteroatoms. The van der Waals surface area contributed by atoms with Gasteiger partial charge in [0.2, 0.25) is 0 Å². The average Bonchev–Trinajstić information content (AvgIpc) is 2.33. The van der Waals surface area contributed by atoms with E-state index in [4.69, 9.17) is 5.11 Å². The van der Waals surface area contributed by atoms with Gasteiger partial charge in [0, 0.05) is 0 Å². The number of aliphatic carboxylic acids is 1. The van der Waals surface area contributed by atoms with Crippen LogP contribution in [0, 0.1) is 0 Å². The van der Waals surface area contributed by atoms with Gasteiger partial charge in [0.1, 0.15) is 11.2 Å². The zero-order valence-corrected chi connectivity index (χ0v) is 10.8. The summed E-state index contributed by atoms with van der Waals surface area (Å²) in [5.74, 6) is -1.40. The molecule has 1 unspecified atom stereocenters. The van der Waals surface area contributed by atoms with Crippen molar-refractivity contribution < 1.29 is 23.4 Å². The van der Waals surface area contributed by atoms with E-state index >= 15 is 0 Å². The first-order chi connectivity index (χ1) is 8.74. The van der Waals surface area contributed by atoms with Crippen molar-refractivity contribution in [2.24, 2.45) is 4.40 Å². The van der Waals surface area contributed by atoms with Crippen LogP contribution in [0.5, 0.6) is 0 Å². The van der Waals surface area contributed by atoms with Crippen LogP contribution in [-0.2, 0) is 14.8 Å². The van der Waals surface area contributed by atoms with E-state index < -0.39 is 21.6 Å². The molecular weight excluding hydrogens is 272 g/mol. The molecule has 1 aromatic rings. The summed E-state index contributed by atoms with van der Waals surface area (Å²) in [6.45, 7) is 0.827. The van der Waals surface area contributed by atoms with E-state index in [0.717, 1.165) is 13.3 Å². The number of carbonyl (C=O) groups is 1. The Morgan fingerprint density at radius 3 is 2.68 bits per heavy atom. The number of carboxylic acid groups (broad SMARTS) is 1. The molecule has 0 spiro atoms. The molecule has 7 nitrogen and oxygen atoms in total. The minimum Gasteiger partial charge on any atom is -0.479 e. The minimum absolute atomic E-state index is 0.0151. The third-order valence-electron chi connectivity index (χ3n) is 2.72. The van der Waals surface area contributed by atoms with Gasteiger partial charge < -0.3 is 15.1 Å². The second-order valence-corrected chi connectivity index (χ2v) is 5.97. The summed E-state index contributed by atoms with van der Waals surface area (Å²) < 4.78 is 26.8. The maximum absolute atomic E-state index is 11.7. The number of para-hydroxylation sites is 1. The number of benzene rings is 1. The number of fused-ring (bicyclic) bond motifs is 1. The SMILES string of the molecule is CC(O)(CN1C=NS(=O)(=O)c2ccccc21)C(=O)O. The van der Waals surface area contributed by atoms with Crippen LogP contribution >= 0.6 is 0 Å². The van der Waals surface area contributed by atoms with E-state index in [1.165, 1.54) is 17.0 Å². The van der Waals surface area contributed by atoms with E-state index in [0.29, 0.717) is 5.69 Å². The fourth-order valence-electron chi connectivity index (χ4n) is 1.68. The number of hydrogen-bond donors (Lipinski definition) is 2. The highest BCUT2D eigenvalue weighted by Gasteiger charge is 2.35. The second-order valence-electron chi connectivity index (χ2n) is 4.37. The maximum Gasteiger partial charge on any atom is 0.337 e. The average molecular weight is 284 g/mol. The van der Waals surface area contributed by atoms with E-state index in [9.17, 15) is 18.3 Å². The summed E-state index contributed by atoms with van der Waals surface area (Å²) in [7, 11) is -3.75. The number of nitrogens with zero attached hydrogens (tertiary/aromatic N) is 2. The van der Waals surface area contributed by atoms with Crippen LogP contribution in [0.15, 0.2) is 33.6 Å². The molecule has 0 saturated carbocycles. The monoisotopic (exact) mass is 284 g/mol. The molecule has 1 aliphatic heterocycles. The van der Waals surface area contributed by atoms with Gasteiger partial charge >= 0.3 is 5.97 Å². The van der Waals surface area contributed by atoms with Crippen molar-refractivity contribution in [3.63, 3.8) is 0 Å². The molecule has 1 aromatic carbocycles. The highest BCUT2D eigenvalue weighted by atomic mass is 32.2. The molecule has 1 heterocycles. The Kier molecular flexibility index (Phi) is 3.07. The molecule has 0 aliphatic carbocycles. The van der Waals surface area contributed by atoms with Crippen LogP contribution in [0.1, 0.15) is 6.92 Å². The summed E-state index contributed by atoms with van der Waals surface area (Å²) in [6, 6.07) is 6.07. The quantitative estimate of drug-likeness (QED) is 0.812. The second kappa shape index (κ2) is 4.32. The summed E-state index contributed by atoms with van der Waals surface area (Å²) >= 11 is 0. The number of rotatable bonds is 3. The summed E-state index contributed by atoms with van der Waals surface area (Å²) in [6.07, 6.45) is 1.01. The standard InChI is InChI=1S/C11H12N2O5S/c1-11(16,10(14)15)6-13-7-12-19(17,18)9-5-3-2-4-8(9)13/h2-5,7,16H,6H2,1H3,(H,14,15). The first-order valence-corrected chi connectivity index (χ1v) is 6.80. The number of hydrogen-bond acceptors (Lipinski definition) is 5. The number of anilines is 1. The Morgan fingerprint density at radius 2 is 2.05 bits per heavy atom. The molecule has 1 aliphatic rings. The van der Waals surface area contributed by atoms with Gasteiger partial charge in [-0.3, -0.25) is 0 Å². The van der Waals surface area contributed by atoms with Crippen LogP contribution < -0.4 is 4.90 Å². The van der Waals surface area contributed by atoms with Gasteiger partial charge in [0.25, 0.3) is 10.0 Å². The van der Waals surface area contributed by atoms with Gasteiger partial charge in [-0.15, -0.1) is 4.40 Å². The van der Waals surface area contributed by atoms with Crippen molar-refractivity contribution in [1.82, 2.24) is 0 Å². The zero-order chi connectivity index (χ0) is 14.3. The minimum atomic E-state index is -3.75. The smallest absolute Gasteiger partial charge is 0.337 e. The number of aliphatic hydroxyl groups is 1. The Bertz CT molecular complexity index is 651. The molecule has 1 atom stereocenters. The predicted octanol–water partition coefficient (Wildman–Crippen LogP) is 0.0592. The van der Waals surface area contributed by atoms with E-state index in [1.807, 2.05) is 0 Å². The lowest BCUT2D eigenvalue weighted by Gasteiger charge is -2.30. The molecule has 0 fully saturated rings. The van der Waals surface area contributed by atoms with Crippen molar-refractivity contribution >= 4 is 28.0 Å². The summed E-state index contributed by atoms with van der Waals surface area (Å²) in [5, 5.41) is 18.6. The topological polar surface area (TPSA) is 107 Å². The summed E-state index contributed by atoms with van der Waals surface area (Å²) in [4.78, 5) is 12.2. The van der Waals surface area contributed by atoms with Crippen LogP contribution in [0.4, 0.5) is 5.69 Å². The molecule has 102 valence electrons. The number of sulfonamides is 1. The highest BCUT2D eigenvalue weighted by Crippen LogP contribution is 2.30. The van der Waals surface area contributed by atoms with Crippen molar-refractivity contribution in [1.29, 1.82) is 0 Å². The van der Waals surface area contributed by atoms with Crippen LogP contribution in [0.2, 0.25) is 0 Å². The van der Waals surface area contributed by atoms with E-state index in [1.54, 1.807) is 12.1 Å². The molecule has 0 saturated heterocycles. The van der Waals surface area contributed by atoms with Crippen LogP contribution in [-0.4, -0.2) is 43.1 Å². The zero-order valence-electron chi connectivity index (χ0n) is 10.0. The molecule has 0 amide bonds. The lowest BCUT2D eigenvalue weighted by molar-refractivity contribution is -0.155. The lowest BCUT2D eigenvalue weighted by Crippen LogP contribution is -2.47. The summed E-state index contributed by atoms with van der Waals surface area (Å²) in [5.41, 5.74) is -1.72. The molecule has 0 bridgehead atoms. The van der Waals surface area contributed by atoms with Crippen molar-refractivity contribution in [3.8, 4) is 0 Å². The Morgan fingerprint density at radius 1 is 1.42 bits per heavy atom. The first-order valence-electron chi connectivity index (χ1n) is 5.36. The Labute approximate surface area is 109 Å². The lowest BCUT2D eigenvalue weighted by atomic mass is 10.1. The highest BCUT2D eigenvalue weighted by molar-refractivity contribution is 7.90. The largest absolute Gasteiger partial charge is 0.479 e. The third kappa shape index (κ3) is 2.45. The van der Waals surface area contributed by atoms with Crippen molar-refractivity contribution in [2.75, 3.05) is 11.4 Å². The Hall–Kier alpha value is -1.93. The fraction of sp³-hybridized carbons (Fsp3) is 0.273. The molecule has 0 aromatic heterocycles. The van der Waals surface area contributed by atoms with Gasteiger partial charge in [-0.25, -0.2) is 4.79 Å². The van der Waals surface area contributed by atoms with E-state index in [2.05, 4.69) is 4.40 Å². The number of carboxylic acids is 1. The predicted molar refractivity (Wildman–Crippen MR) is 67.7 cm³/mol. The van der Waals surface area contributed by atoms with E-state index in [-0.39, 0.29) is 11.4 Å². The first kappa shape index (κ1) is 13.5. The maximum atomic E-state index is 11.7. The molecule has 2 N–H and O–H groups in total. The normalized spacial score (nSPS) is 19.6. The van der Waals surface area contributed by atoms with Crippen molar-refractivity contribution in [3.05, 3.63) is 24.3 Å². The van der Waals surface area contributed by atoms with Gasteiger partial charge in [0.05, 0.1) is 12.2 Å².